The molecule has 0 bridgehead atoms. The Labute approximate surface area is 159 Å². The molecule has 5 heteroatoms. The average molecular weight is 455 g/mol. The van der Waals surface area contributed by atoms with Gasteiger partial charge in [0.25, 0.3) is 0 Å². The largest absolute Gasteiger partial charge is 0.378 e. The predicted octanol–water partition coefficient (Wildman–Crippen LogP) is 4.48. The van der Waals surface area contributed by atoms with Gasteiger partial charge in [0, 0.05) is 58.0 Å². The number of halogens is 2. The van der Waals surface area contributed by atoms with Crippen LogP contribution >= 0.6 is 31.9 Å². The van der Waals surface area contributed by atoms with Crippen LogP contribution < -0.4 is 9.80 Å². The smallest absolute Gasteiger partial charge is 0.0380 e. The van der Waals surface area contributed by atoms with Crippen LogP contribution in [0.15, 0.2) is 45.3 Å². The quantitative estimate of drug-likeness (QED) is 0.593. The van der Waals surface area contributed by atoms with Gasteiger partial charge in [-0.3, -0.25) is 0 Å². The summed E-state index contributed by atoms with van der Waals surface area (Å²) in [4.78, 5) is 4.31. The van der Waals surface area contributed by atoms with Crippen LogP contribution in [-0.2, 0) is 12.1 Å². The molecule has 23 heavy (non-hydrogen) atoms. The molecular formula is C18H23Br2N2Si. The predicted molar refractivity (Wildman–Crippen MR) is 111 cm³/mol. The van der Waals surface area contributed by atoms with E-state index < -0.39 is 0 Å². The minimum absolute atomic E-state index is 0.328. The third-order valence-electron chi connectivity index (χ3n) is 3.82. The van der Waals surface area contributed by atoms with Gasteiger partial charge in [0.2, 0.25) is 0 Å². The number of anilines is 2. The van der Waals surface area contributed by atoms with E-state index in [1.807, 2.05) is 0 Å². The summed E-state index contributed by atoms with van der Waals surface area (Å²) in [5.41, 5.74) is 5.34. The zero-order valence-electron chi connectivity index (χ0n) is 14.1. The van der Waals surface area contributed by atoms with E-state index >= 15 is 0 Å². The van der Waals surface area contributed by atoms with E-state index in [4.69, 9.17) is 0 Å². The van der Waals surface area contributed by atoms with Crippen LogP contribution in [0.4, 0.5) is 11.4 Å². The Balaban J connectivity index is 2.05. The van der Waals surface area contributed by atoms with E-state index in [-0.39, 0.29) is 0 Å². The number of nitrogens with zero attached hydrogens (tertiary/aromatic N) is 2. The topological polar surface area (TPSA) is 6.48 Å². The molecule has 1 radical (unpaired) electrons. The highest BCUT2D eigenvalue weighted by atomic mass is 79.9. The van der Waals surface area contributed by atoms with Crippen molar-refractivity contribution in [1.29, 1.82) is 0 Å². The monoisotopic (exact) mass is 453 g/mol. The lowest BCUT2D eigenvalue weighted by atomic mass is 10.2. The van der Waals surface area contributed by atoms with Crippen LogP contribution in [0.25, 0.3) is 0 Å². The van der Waals surface area contributed by atoms with E-state index in [1.54, 1.807) is 0 Å². The van der Waals surface area contributed by atoms with Crippen molar-refractivity contribution < 1.29 is 0 Å². The summed E-state index contributed by atoms with van der Waals surface area (Å²) in [6, 6.07) is 15.5. The van der Waals surface area contributed by atoms with E-state index in [9.17, 15) is 0 Å². The van der Waals surface area contributed by atoms with Gasteiger partial charge in [0.1, 0.15) is 0 Å². The molecule has 0 saturated heterocycles. The lowest BCUT2D eigenvalue weighted by Gasteiger charge is -2.16. The molecule has 0 saturated carbocycles. The van der Waals surface area contributed by atoms with Crippen LogP contribution in [-0.4, -0.2) is 37.7 Å². The summed E-state index contributed by atoms with van der Waals surface area (Å²) in [7, 11) is 8.68. The second-order valence-electron chi connectivity index (χ2n) is 6.04. The van der Waals surface area contributed by atoms with Crippen molar-refractivity contribution in [1.82, 2.24) is 0 Å². The molecule has 0 aliphatic heterocycles. The van der Waals surface area contributed by atoms with Crippen molar-refractivity contribution in [2.75, 3.05) is 38.0 Å². The maximum absolute atomic E-state index is 3.69. The second-order valence-corrected chi connectivity index (χ2v) is 9.14. The maximum Gasteiger partial charge on any atom is 0.0380 e. The van der Waals surface area contributed by atoms with Gasteiger partial charge >= 0.3 is 0 Å². The summed E-state index contributed by atoms with van der Waals surface area (Å²) in [5, 5.41) is 0. The van der Waals surface area contributed by atoms with Crippen molar-refractivity contribution in [2.45, 2.75) is 12.1 Å². The Morgan fingerprint density at radius 3 is 1.48 bits per heavy atom. The summed E-state index contributed by atoms with van der Waals surface area (Å²) < 4.78 is 2.44. The van der Waals surface area contributed by atoms with Crippen LogP contribution in [0.5, 0.6) is 0 Å². The first-order valence-corrected chi connectivity index (χ1v) is 10.8. The van der Waals surface area contributed by atoms with Crippen LogP contribution in [0.2, 0.25) is 0 Å². The fraction of sp³-hybridized carbons (Fsp3) is 0.333. The van der Waals surface area contributed by atoms with Crippen molar-refractivity contribution in [2.24, 2.45) is 0 Å². The molecule has 2 aromatic rings. The molecule has 0 heterocycles. The van der Waals surface area contributed by atoms with Gasteiger partial charge in [-0.25, -0.2) is 0 Å². The third kappa shape index (κ3) is 5.09. The molecule has 2 rings (SSSR count). The summed E-state index contributed by atoms with van der Waals surface area (Å²) in [5.74, 6) is 0. The van der Waals surface area contributed by atoms with Crippen molar-refractivity contribution in [3.05, 3.63) is 56.5 Å². The van der Waals surface area contributed by atoms with Crippen molar-refractivity contribution in [3.63, 3.8) is 0 Å². The van der Waals surface area contributed by atoms with Gasteiger partial charge in [0.05, 0.1) is 0 Å². The normalized spacial score (nSPS) is 10.7. The van der Waals surface area contributed by atoms with Crippen LogP contribution in [0, 0.1) is 0 Å². The molecule has 0 aliphatic carbocycles. The molecule has 0 atom stereocenters. The first-order chi connectivity index (χ1) is 10.9. The fourth-order valence-electron chi connectivity index (χ4n) is 2.37. The van der Waals surface area contributed by atoms with Crippen molar-refractivity contribution in [3.8, 4) is 0 Å². The summed E-state index contributed by atoms with van der Waals surface area (Å²) >= 11 is 7.38. The van der Waals surface area contributed by atoms with E-state index in [0.717, 1.165) is 12.1 Å². The Kier molecular flexibility index (Phi) is 6.74. The first-order valence-electron chi connectivity index (χ1n) is 7.61. The lowest BCUT2D eigenvalue weighted by Crippen LogP contribution is -2.11. The molecule has 123 valence electrons. The van der Waals surface area contributed by atoms with Gasteiger partial charge in [-0.15, -0.1) is 0 Å². The van der Waals surface area contributed by atoms with E-state index in [1.165, 1.54) is 31.4 Å². The minimum atomic E-state index is 0.328. The lowest BCUT2D eigenvalue weighted by molar-refractivity contribution is 1.12. The highest BCUT2D eigenvalue weighted by molar-refractivity contribution is 9.10. The standard InChI is InChI=1S/C18H23Br2N2Si/c1-21(2)15-5-7-17(19)13(9-15)11-23-12-14-10-16(22(3)4)6-8-18(14)20/h5-10,23H,11-12H2,1-4H3. The highest BCUT2D eigenvalue weighted by Crippen LogP contribution is 2.25. The van der Waals surface area contributed by atoms with Gasteiger partial charge < -0.3 is 9.80 Å². The molecule has 0 aliphatic rings. The minimum Gasteiger partial charge on any atom is -0.378 e. The summed E-state index contributed by atoms with van der Waals surface area (Å²) in [6.07, 6.45) is 0. The molecule has 0 unspecified atom stereocenters. The van der Waals surface area contributed by atoms with Gasteiger partial charge in [0.15, 0.2) is 0 Å². The maximum atomic E-state index is 3.69. The number of benzene rings is 2. The van der Waals surface area contributed by atoms with Gasteiger partial charge in [-0.1, -0.05) is 31.9 Å². The zero-order valence-corrected chi connectivity index (χ0v) is 18.4. The Morgan fingerprint density at radius 1 is 0.739 bits per heavy atom. The SMILES string of the molecule is CN(C)c1ccc(Br)c(C[SiH]Cc2cc(N(C)C)ccc2Br)c1. The fourth-order valence-corrected chi connectivity index (χ4v) is 5.23. The second kappa shape index (κ2) is 8.35. The molecule has 0 N–H and O–H groups in total. The van der Waals surface area contributed by atoms with E-state index in [0.29, 0.717) is 9.52 Å². The summed E-state index contributed by atoms with van der Waals surface area (Å²) in [6.45, 7) is 0. The number of hydrogen-bond donors (Lipinski definition) is 0. The van der Waals surface area contributed by atoms with Crippen molar-refractivity contribution >= 4 is 52.8 Å². The van der Waals surface area contributed by atoms with Crippen LogP contribution in [0.3, 0.4) is 0 Å². The van der Waals surface area contributed by atoms with Crippen LogP contribution in [0.1, 0.15) is 11.1 Å². The molecule has 0 fully saturated rings. The van der Waals surface area contributed by atoms with E-state index in [2.05, 4.69) is 106 Å². The molecule has 2 nitrogen and oxygen atoms in total. The average Bonchev–Trinajstić information content (AvgIpc) is 2.50. The Morgan fingerprint density at radius 2 is 1.13 bits per heavy atom. The molecule has 0 amide bonds. The highest BCUT2D eigenvalue weighted by Gasteiger charge is 2.07. The number of rotatable bonds is 6. The first kappa shape index (κ1) is 18.6. The van der Waals surface area contributed by atoms with Gasteiger partial charge in [-0.2, -0.15) is 0 Å². The molecule has 2 aromatic carbocycles. The molecular weight excluding hydrogens is 432 g/mol. The molecule has 0 aromatic heterocycles. The Bertz CT molecular complexity index is 615. The zero-order chi connectivity index (χ0) is 17.0. The third-order valence-corrected chi connectivity index (χ3v) is 6.82. The van der Waals surface area contributed by atoms with Gasteiger partial charge in [-0.05, 0) is 59.6 Å². The Hall–Kier alpha value is -0.783. The molecule has 0 spiro atoms. The number of hydrogen-bond acceptors (Lipinski definition) is 2.